The molecular formula is C13H15N3O2. The van der Waals surface area contributed by atoms with Gasteiger partial charge in [0.1, 0.15) is 5.75 Å². The molecule has 1 aromatic heterocycles. The van der Waals surface area contributed by atoms with E-state index in [-0.39, 0.29) is 0 Å². The lowest BCUT2D eigenvalue weighted by Gasteiger charge is -2.00. The minimum atomic E-state index is 0.567. The molecule has 0 amide bonds. The standard InChI is InChI=1S/C13H15N3O2/c1-2-14-8-12-15-16-13(18-12)10-3-4-11-9(7-10)5-6-17-11/h3-4,7,14H,2,5-6,8H2,1H3. The van der Waals surface area contributed by atoms with Gasteiger partial charge in [-0.3, -0.25) is 0 Å². The molecule has 0 spiro atoms. The highest BCUT2D eigenvalue weighted by Gasteiger charge is 2.15. The summed E-state index contributed by atoms with van der Waals surface area (Å²) >= 11 is 0. The van der Waals surface area contributed by atoms with E-state index in [9.17, 15) is 0 Å². The first-order valence-electron chi connectivity index (χ1n) is 6.16. The van der Waals surface area contributed by atoms with Gasteiger partial charge in [0.25, 0.3) is 0 Å². The fourth-order valence-electron chi connectivity index (χ4n) is 1.99. The third-order valence-electron chi connectivity index (χ3n) is 2.93. The normalized spacial score (nSPS) is 13.4. The maximum absolute atomic E-state index is 5.61. The monoisotopic (exact) mass is 245 g/mol. The first kappa shape index (κ1) is 11.2. The van der Waals surface area contributed by atoms with E-state index in [1.165, 1.54) is 5.56 Å². The largest absolute Gasteiger partial charge is 0.493 e. The summed E-state index contributed by atoms with van der Waals surface area (Å²) < 4.78 is 11.1. The Morgan fingerprint density at radius 3 is 3.17 bits per heavy atom. The zero-order valence-electron chi connectivity index (χ0n) is 10.3. The van der Waals surface area contributed by atoms with Crippen LogP contribution >= 0.6 is 0 Å². The van der Waals surface area contributed by atoms with E-state index in [1.54, 1.807) is 0 Å². The molecule has 18 heavy (non-hydrogen) atoms. The van der Waals surface area contributed by atoms with Crippen LogP contribution in [0.15, 0.2) is 22.6 Å². The summed E-state index contributed by atoms with van der Waals surface area (Å²) in [5.74, 6) is 2.15. The quantitative estimate of drug-likeness (QED) is 0.889. The lowest BCUT2D eigenvalue weighted by Crippen LogP contribution is -2.11. The van der Waals surface area contributed by atoms with Gasteiger partial charge in [-0.15, -0.1) is 10.2 Å². The number of rotatable bonds is 4. The molecule has 0 radical (unpaired) electrons. The van der Waals surface area contributed by atoms with Gasteiger partial charge in [-0.25, -0.2) is 0 Å². The van der Waals surface area contributed by atoms with Crippen molar-refractivity contribution in [2.75, 3.05) is 13.2 Å². The van der Waals surface area contributed by atoms with Gasteiger partial charge in [-0.2, -0.15) is 0 Å². The molecule has 1 aromatic carbocycles. The fourth-order valence-corrected chi connectivity index (χ4v) is 1.99. The average molecular weight is 245 g/mol. The molecule has 3 rings (SSSR count). The molecule has 1 N–H and O–H groups in total. The molecule has 0 atom stereocenters. The summed E-state index contributed by atoms with van der Waals surface area (Å²) in [5.41, 5.74) is 2.16. The van der Waals surface area contributed by atoms with E-state index in [4.69, 9.17) is 9.15 Å². The second kappa shape index (κ2) is 4.78. The third kappa shape index (κ3) is 2.09. The Morgan fingerprint density at radius 1 is 1.33 bits per heavy atom. The summed E-state index contributed by atoms with van der Waals surface area (Å²) in [6.45, 7) is 4.29. The second-order valence-electron chi connectivity index (χ2n) is 4.20. The molecule has 1 aliphatic rings. The van der Waals surface area contributed by atoms with Crippen LogP contribution in [0.25, 0.3) is 11.5 Å². The van der Waals surface area contributed by atoms with E-state index >= 15 is 0 Å². The van der Waals surface area contributed by atoms with Gasteiger partial charge in [0.15, 0.2) is 0 Å². The van der Waals surface area contributed by atoms with Crippen LogP contribution in [0.3, 0.4) is 0 Å². The van der Waals surface area contributed by atoms with E-state index in [0.717, 1.165) is 30.9 Å². The number of hydrogen-bond donors (Lipinski definition) is 1. The zero-order valence-corrected chi connectivity index (χ0v) is 10.3. The minimum absolute atomic E-state index is 0.567. The second-order valence-corrected chi connectivity index (χ2v) is 4.20. The maximum atomic E-state index is 5.61. The third-order valence-corrected chi connectivity index (χ3v) is 2.93. The van der Waals surface area contributed by atoms with E-state index in [0.29, 0.717) is 18.3 Å². The number of fused-ring (bicyclic) bond motifs is 1. The molecule has 5 nitrogen and oxygen atoms in total. The molecular weight excluding hydrogens is 230 g/mol. The minimum Gasteiger partial charge on any atom is -0.493 e. The van der Waals surface area contributed by atoms with Crippen LogP contribution in [0.1, 0.15) is 18.4 Å². The van der Waals surface area contributed by atoms with Gasteiger partial charge in [0.2, 0.25) is 11.8 Å². The number of benzene rings is 1. The number of ether oxygens (including phenoxy) is 1. The molecule has 0 unspecified atom stereocenters. The lowest BCUT2D eigenvalue weighted by molar-refractivity contribution is 0.357. The van der Waals surface area contributed by atoms with Crippen LogP contribution in [0.4, 0.5) is 0 Å². The van der Waals surface area contributed by atoms with Crippen LogP contribution in [0.2, 0.25) is 0 Å². The van der Waals surface area contributed by atoms with Gasteiger partial charge < -0.3 is 14.5 Å². The van der Waals surface area contributed by atoms with E-state index < -0.39 is 0 Å². The highest BCUT2D eigenvalue weighted by atomic mass is 16.5. The summed E-state index contributed by atoms with van der Waals surface area (Å²) in [7, 11) is 0. The Hall–Kier alpha value is -1.88. The molecule has 94 valence electrons. The van der Waals surface area contributed by atoms with Crippen molar-refractivity contribution in [1.29, 1.82) is 0 Å². The first-order valence-corrected chi connectivity index (χ1v) is 6.16. The highest BCUT2D eigenvalue weighted by molar-refractivity contribution is 5.57. The Morgan fingerprint density at radius 2 is 2.28 bits per heavy atom. The Balaban J connectivity index is 1.83. The van der Waals surface area contributed by atoms with Crippen LogP contribution in [-0.4, -0.2) is 23.3 Å². The van der Waals surface area contributed by atoms with Crippen molar-refractivity contribution in [3.05, 3.63) is 29.7 Å². The molecule has 0 saturated carbocycles. The van der Waals surface area contributed by atoms with Crippen molar-refractivity contribution >= 4 is 0 Å². The summed E-state index contributed by atoms with van der Waals surface area (Å²) in [5, 5.41) is 11.2. The van der Waals surface area contributed by atoms with Crippen molar-refractivity contribution in [1.82, 2.24) is 15.5 Å². The van der Waals surface area contributed by atoms with Crippen molar-refractivity contribution < 1.29 is 9.15 Å². The Kier molecular flexibility index (Phi) is 2.98. The highest BCUT2D eigenvalue weighted by Crippen LogP contribution is 2.29. The lowest BCUT2D eigenvalue weighted by atomic mass is 10.1. The smallest absolute Gasteiger partial charge is 0.247 e. The van der Waals surface area contributed by atoms with Gasteiger partial charge in [-0.1, -0.05) is 6.92 Å². The fraction of sp³-hybridized carbons (Fsp3) is 0.385. The van der Waals surface area contributed by atoms with Crippen molar-refractivity contribution in [3.8, 4) is 17.2 Å². The van der Waals surface area contributed by atoms with Crippen LogP contribution in [-0.2, 0) is 13.0 Å². The first-order chi connectivity index (χ1) is 8.86. The van der Waals surface area contributed by atoms with Crippen molar-refractivity contribution in [3.63, 3.8) is 0 Å². The van der Waals surface area contributed by atoms with Gasteiger partial charge >= 0.3 is 0 Å². The van der Waals surface area contributed by atoms with Crippen LogP contribution in [0.5, 0.6) is 5.75 Å². The van der Waals surface area contributed by atoms with Gasteiger partial charge in [0, 0.05) is 12.0 Å². The van der Waals surface area contributed by atoms with Crippen molar-refractivity contribution in [2.24, 2.45) is 0 Å². The zero-order chi connectivity index (χ0) is 12.4. The maximum Gasteiger partial charge on any atom is 0.247 e. The molecule has 2 aromatic rings. The number of nitrogens with zero attached hydrogens (tertiary/aromatic N) is 2. The molecule has 0 fully saturated rings. The van der Waals surface area contributed by atoms with Crippen LogP contribution < -0.4 is 10.1 Å². The summed E-state index contributed by atoms with van der Waals surface area (Å²) in [6.07, 6.45) is 0.946. The number of aromatic nitrogens is 2. The Labute approximate surface area is 105 Å². The van der Waals surface area contributed by atoms with E-state index in [2.05, 4.69) is 21.6 Å². The SMILES string of the molecule is CCNCc1nnc(-c2ccc3c(c2)CCO3)o1. The van der Waals surface area contributed by atoms with Gasteiger partial charge in [-0.05, 0) is 30.3 Å². The van der Waals surface area contributed by atoms with Crippen LogP contribution in [0, 0.1) is 0 Å². The molecule has 2 heterocycles. The molecule has 0 saturated heterocycles. The number of nitrogens with one attached hydrogen (secondary N) is 1. The number of hydrogen-bond acceptors (Lipinski definition) is 5. The predicted octanol–water partition coefficient (Wildman–Crippen LogP) is 1.78. The summed E-state index contributed by atoms with van der Waals surface area (Å²) in [4.78, 5) is 0. The van der Waals surface area contributed by atoms with Gasteiger partial charge in [0.05, 0.1) is 13.2 Å². The molecule has 5 heteroatoms. The Bertz CT molecular complexity index is 551. The van der Waals surface area contributed by atoms with Crippen molar-refractivity contribution in [2.45, 2.75) is 19.9 Å². The average Bonchev–Trinajstić information content (AvgIpc) is 3.04. The van der Waals surface area contributed by atoms with E-state index in [1.807, 2.05) is 19.1 Å². The molecule has 0 bridgehead atoms. The predicted molar refractivity (Wildman–Crippen MR) is 66.3 cm³/mol. The molecule has 0 aliphatic carbocycles. The molecule has 1 aliphatic heterocycles. The summed E-state index contributed by atoms with van der Waals surface area (Å²) in [6, 6.07) is 5.98. The topological polar surface area (TPSA) is 60.2 Å².